The van der Waals surface area contributed by atoms with E-state index < -0.39 is 0 Å². The van der Waals surface area contributed by atoms with Crippen LogP contribution in [0.5, 0.6) is 0 Å². The summed E-state index contributed by atoms with van der Waals surface area (Å²) in [6, 6.07) is 11.2. The molecule has 0 atom stereocenters. The molecular weight excluding hydrogens is 366 g/mol. The van der Waals surface area contributed by atoms with Crippen LogP contribution in [0.2, 0.25) is 0 Å². The summed E-state index contributed by atoms with van der Waals surface area (Å²) in [7, 11) is 0. The molecule has 0 aliphatic rings. The first-order chi connectivity index (χ1) is 12.4. The molecular formula is C19H21N3O2S2. The van der Waals surface area contributed by atoms with E-state index in [1.807, 2.05) is 62.5 Å². The molecule has 0 unspecified atom stereocenters. The van der Waals surface area contributed by atoms with E-state index in [1.165, 1.54) is 23.1 Å². The van der Waals surface area contributed by atoms with E-state index in [0.29, 0.717) is 15.4 Å². The Morgan fingerprint density at radius 2 is 2.00 bits per heavy atom. The fourth-order valence-electron chi connectivity index (χ4n) is 2.43. The number of amides is 1. The number of para-hydroxylation sites is 1. The number of hydrogen-bond donors (Lipinski definition) is 1. The topological polar surface area (TPSA) is 64.0 Å². The number of thiophene rings is 1. The number of fused-ring (bicyclic) bond motifs is 1. The molecule has 0 radical (unpaired) electrons. The Morgan fingerprint density at radius 3 is 2.69 bits per heavy atom. The minimum Gasteiger partial charge on any atom is -0.351 e. The number of thioether (sulfide) groups is 1. The lowest BCUT2D eigenvalue weighted by atomic mass is 10.0. The van der Waals surface area contributed by atoms with Gasteiger partial charge in [-0.05, 0) is 43.8 Å². The van der Waals surface area contributed by atoms with E-state index in [1.54, 1.807) is 4.57 Å². The fraction of sp³-hybridized carbons (Fsp3) is 0.316. The normalized spacial score (nSPS) is 11.7. The molecule has 2 aromatic heterocycles. The molecule has 26 heavy (non-hydrogen) atoms. The van der Waals surface area contributed by atoms with Crippen molar-refractivity contribution in [3.63, 3.8) is 0 Å². The highest BCUT2D eigenvalue weighted by Gasteiger charge is 2.19. The first-order valence-corrected chi connectivity index (χ1v) is 10.3. The summed E-state index contributed by atoms with van der Waals surface area (Å²) in [5, 5.41) is 5.39. The van der Waals surface area contributed by atoms with E-state index in [-0.39, 0.29) is 22.8 Å². The van der Waals surface area contributed by atoms with Gasteiger partial charge in [-0.25, -0.2) is 4.98 Å². The number of carbonyl (C=O) groups excluding carboxylic acids is 1. The number of rotatable bonds is 6. The second-order valence-electron chi connectivity index (χ2n) is 6.58. The highest BCUT2D eigenvalue weighted by molar-refractivity contribution is 7.99. The lowest BCUT2D eigenvalue weighted by Crippen LogP contribution is -2.43. The molecule has 0 spiro atoms. The van der Waals surface area contributed by atoms with Crippen LogP contribution in [0.25, 0.3) is 15.9 Å². The predicted octanol–water partition coefficient (Wildman–Crippen LogP) is 3.84. The summed E-state index contributed by atoms with van der Waals surface area (Å²) in [6.45, 7) is 6.02. The molecule has 0 aliphatic heterocycles. The lowest BCUT2D eigenvalue weighted by Gasteiger charge is -2.24. The molecule has 0 aliphatic carbocycles. The summed E-state index contributed by atoms with van der Waals surface area (Å²) in [5.41, 5.74) is 1.07. The van der Waals surface area contributed by atoms with Gasteiger partial charge < -0.3 is 5.32 Å². The van der Waals surface area contributed by atoms with Gasteiger partial charge in [0.05, 0.1) is 17.0 Å². The van der Waals surface area contributed by atoms with E-state index in [0.717, 1.165) is 12.1 Å². The van der Waals surface area contributed by atoms with Gasteiger partial charge in [-0.1, -0.05) is 36.9 Å². The van der Waals surface area contributed by atoms with Crippen molar-refractivity contribution in [2.24, 2.45) is 0 Å². The summed E-state index contributed by atoms with van der Waals surface area (Å²) in [6.07, 6.45) is 0.844. The van der Waals surface area contributed by atoms with Crippen molar-refractivity contribution in [1.82, 2.24) is 14.9 Å². The van der Waals surface area contributed by atoms with Crippen LogP contribution in [-0.2, 0) is 4.79 Å². The standard InChI is InChI=1S/C19H21N3O2S2/c1-4-19(2,3)21-15(23)12-26-18-20-14-10-11-25-16(14)17(24)22(18)13-8-6-5-7-9-13/h5-11H,4,12H2,1-3H3,(H,21,23). The molecule has 2 heterocycles. The van der Waals surface area contributed by atoms with Crippen LogP contribution in [0.3, 0.4) is 0 Å². The first-order valence-electron chi connectivity index (χ1n) is 8.41. The van der Waals surface area contributed by atoms with Gasteiger partial charge in [0.1, 0.15) is 4.70 Å². The monoisotopic (exact) mass is 387 g/mol. The zero-order valence-corrected chi connectivity index (χ0v) is 16.6. The number of nitrogens with zero attached hydrogens (tertiary/aromatic N) is 2. The Kier molecular flexibility index (Phi) is 5.48. The third-order valence-electron chi connectivity index (χ3n) is 4.16. The number of hydrogen-bond acceptors (Lipinski definition) is 5. The van der Waals surface area contributed by atoms with Crippen molar-refractivity contribution in [1.29, 1.82) is 0 Å². The van der Waals surface area contributed by atoms with Crippen LogP contribution in [0, 0.1) is 0 Å². The minimum atomic E-state index is -0.249. The molecule has 1 aromatic carbocycles. The van der Waals surface area contributed by atoms with Crippen LogP contribution in [0.15, 0.2) is 51.7 Å². The average Bonchev–Trinajstić information content (AvgIpc) is 3.09. The van der Waals surface area contributed by atoms with Crippen LogP contribution in [0.1, 0.15) is 27.2 Å². The summed E-state index contributed by atoms with van der Waals surface area (Å²) < 4.78 is 2.21. The van der Waals surface area contributed by atoms with E-state index >= 15 is 0 Å². The van der Waals surface area contributed by atoms with Gasteiger partial charge in [0.25, 0.3) is 5.56 Å². The largest absolute Gasteiger partial charge is 0.351 e. The maximum atomic E-state index is 13.0. The lowest BCUT2D eigenvalue weighted by molar-refractivity contribution is -0.120. The zero-order valence-electron chi connectivity index (χ0n) is 15.0. The number of benzene rings is 1. The number of nitrogens with one attached hydrogen (secondary N) is 1. The summed E-state index contributed by atoms with van der Waals surface area (Å²) in [5.74, 6) is 0.138. The molecule has 5 nitrogen and oxygen atoms in total. The van der Waals surface area contributed by atoms with Crippen LogP contribution >= 0.6 is 23.1 Å². The molecule has 0 saturated carbocycles. The zero-order chi connectivity index (χ0) is 18.7. The quantitative estimate of drug-likeness (QED) is 0.515. The van der Waals surface area contributed by atoms with Gasteiger partial charge in [-0.3, -0.25) is 14.2 Å². The molecule has 136 valence electrons. The van der Waals surface area contributed by atoms with Gasteiger partial charge >= 0.3 is 0 Å². The summed E-state index contributed by atoms with van der Waals surface area (Å²) >= 11 is 2.66. The van der Waals surface area contributed by atoms with Crippen molar-refractivity contribution in [3.05, 3.63) is 52.1 Å². The van der Waals surface area contributed by atoms with Crippen LogP contribution in [0.4, 0.5) is 0 Å². The van der Waals surface area contributed by atoms with E-state index in [2.05, 4.69) is 10.3 Å². The van der Waals surface area contributed by atoms with Gasteiger partial charge in [0, 0.05) is 5.54 Å². The van der Waals surface area contributed by atoms with E-state index in [9.17, 15) is 9.59 Å². The molecule has 3 aromatic rings. The van der Waals surface area contributed by atoms with Crippen molar-refractivity contribution in [3.8, 4) is 5.69 Å². The molecule has 0 saturated heterocycles. The van der Waals surface area contributed by atoms with Gasteiger partial charge in [-0.2, -0.15) is 0 Å². The Morgan fingerprint density at radius 1 is 1.27 bits per heavy atom. The number of carbonyl (C=O) groups is 1. The predicted molar refractivity (Wildman–Crippen MR) is 108 cm³/mol. The Balaban J connectivity index is 1.95. The SMILES string of the molecule is CCC(C)(C)NC(=O)CSc1nc2ccsc2c(=O)n1-c1ccccc1. The second kappa shape index (κ2) is 7.63. The maximum absolute atomic E-state index is 13.0. The van der Waals surface area contributed by atoms with Crippen LogP contribution in [-0.4, -0.2) is 26.8 Å². The highest BCUT2D eigenvalue weighted by atomic mass is 32.2. The van der Waals surface area contributed by atoms with Crippen molar-refractivity contribution in [2.75, 3.05) is 5.75 Å². The molecule has 1 amide bonds. The van der Waals surface area contributed by atoms with Gasteiger partial charge in [0.15, 0.2) is 5.16 Å². The van der Waals surface area contributed by atoms with Gasteiger partial charge in [0.2, 0.25) is 5.91 Å². The Labute approximate surface area is 160 Å². The van der Waals surface area contributed by atoms with E-state index in [4.69, 9.17) is 0 Å². The van der Waals surface area contributed by atoms with Crippen molar-refractivity contribution in [2.45, 2.75) is 37.9 Å². The summed E-state index contributed by atoms with van der Waals surface area (Å²) in [4.78, 5) is 29.9. The highest BCUT2D eigenvalue weighted by Crippen LogP contribution is 2.23. The Hall–Kier alpha value is -2.12. The third kappa shape index (κ3) is 3.99. The second-order valence-corrected chi connectivity index (χ2v) is 8.44. The van der Waals surface area contributed by atoms with Crippen molar-refractivity contribution >= 4 is 39.2 Å². The molecule has 7 heteroatoms. The Bertz CT molecular complexity index is 977. The molecule has 0 bridgehead atoms. The van der Waals surface area contributed by atoms with Crippen molar-refractivity contribution < 1.29 is 4.79 Å². The third-order valence-corrected chi connectivity index (χ3v) is 5.99. The average molecular weight is 388 g/mol. The smallest absolute Gasteiger partial charge is 0.276 e. The maximum Gasteiger partial charge on any atom is 0.276 e. The number of aromatic nitrogens is 2. The fourth-order valence-corrected chi connectivity index (χ4v) is 4.00. The first kappa shape index (κ1) is 18.7. The molecule has 1 N–H and O–H groups in total. The molecule has 0 fully saturated rings. The minimum absolute atomic E-state index is 0.0684. The molecule has 3 rings (SSSR count). The van der Waals surface area contributed by atoms with Gasteiger partial charge in [-0.15, -0.1) is 11.3 Å². The van der Waals surface area contributed by atoms with Crippen LogP contribution < -0.4 is 10.9 Å².